The highest BCUT2D eigenvalue weighted by Crippen LogP contribution is 2.19. The first-order valence-corrected chi connectivity index (χ1v) is 10.1. The highest BCUT2D eigenvalue weighted by atomic mass is 32.2. The lowest BCUT2D eigenvalue weighted by Crippen LogP contribution is -2.44. The van der Waals surface area contributed by atoms with Crippen molar-refractivity contribution in [3.8, 4) is 0 Å². The van der Waals surface area contributed by atoms with Crippen LogP contribution in [0, 0.1) is 11.8 Å². The van der Waals surface area contributed by atoms with E-state index in [1.807, 2.05) is 0 Å². The van der Waals surface area contributed by atoms with Crippen LogP contribution in [-0.4, -0.2) is 57.2 Å². The lowest BCUT2D eigenvalue weighted by Gasteiger charge is -2.29. The number of guanidine groups is 1. The Bertz CT molecular complexity index is 454. The molecule has 2 N–H and O–H groups in total. The summed E-state index contributed by atoms with van der Waals surface area (Å²) in [6.07, 6.45) is 3.05. The van der Waals surface area contributed by atoms with Crippen molar-refractivity contribution in [2.45, 2.75) is 46.6 Å². The molecule has 1 unspecified atom stereocenters. The first-order valence-electron chi connectivity index (χ1n) is 8.24. The zero-order valence-electron chi connectivity index (χ0n) is 14.6. The predicted molar refractivity (Wildman–Crippen MR) is 92.6 cm³/mol. The molecule has 0 saturated carbocycles. The predicted octanol–water partition coefficient (Wildman–Crippen LogP) is 1.26. The quantitative estimate of drug-likeness (QED) is 0.567. The third-order valence-corrected chi connectivity index (χ3v) is 5.56. The SMILES string of the molecule is CCNC(=NCC1CCN(S(C)(=O)=O)CC1)NC(C)C(C)C. The van der Waals surface area contributed by atoms with Gasteiger partial charge in [-0.3, -0.25) is 4.99 Å². The maximum atomic E-state index is 11.5. The molecule has 0 spiro atoms. The molecule has 130 valence electrons. The zero-order chi connectivity index (χ0) is 16.8. The van der Waals surface area contributed by atoms with Crippen LogP contribution in [0.4, 0.5) is 0 Å². The summed E-state index contributed by atoms with van der Waals surface area (Å²) in [5.41, 5.74) is 0. The van der Waals surface area contributed by atoms with Gasteiger partial charge in [-0.05, 0) is 38.5 Å². The number of piperidine rings is 1. The fraction of sp³-hybridized carbons (Fsp3) is 0.933. The molecule has 1 aliphatic heterocycles. The number of nitrogens with one attached hydrogen (secondary N) is 2. The third kappa shape index (κ3) is 6.52. The Labute approximate surface area is 135 Å². The van der Waals surface area contributed by atoms with Crippen molar-refractivity contribution in [2.24, 2.45) is 16.8 Å². The van der Waals surface area contributed by atoms with Crippen LogP contribution < -0.4 is 10.6 Å². The van der Waals surface area contributed by atoms with Crippen molar-refractivity contribution in [3.63, 3.8) is 0 Å². The Morgan fingerprint density at radius 1 is 1.27 bits per heavy atom. The molecule has 0 aromatic carbocycles. The van der Waals surface area contributed by atoms with E-state index in [9.17, 15) is 8.42 Å². The van der Waals surface area contributed by atoms with Crippen molar-refractivity contribution < 1.29 is 8.42 Å². The molecular formula is C15H32N4O2S. The van der Waals surface area contributed by atoms with Gasteiger partial charge >= 0.3 is 0 Å². The van der Waals surface area contributed by atoms with Crippen molar-refractivity contribution >= 4 is 16.0 Å². The second kappa shape index (κ2) is 8.72. The molecule has 0 aromatic heterocycles. The standard InChI is InChI=1S/C15H32N4O2S/c1-6-16-15(18-13(4)12(2)3)17-11-14-7-9-19(10-8-14)22(5,20)21/h12-14H,6-11H2,1-5H3,(H2,16,17,18). The van der Waals surface area contributed by atoms with E-state index in [2.05, 4.69) is 43.3 Å². The highest BCUT2D eigenvalue weighted by Gasteiger charge is 2.24. The largest absolute Gasteiger partial charge is 0.357 e. The summed E-state index contributed by atoms with van der Waals surface area (Å²) in [4.78, 5) is 4.67. The Morgan fingerprint density at radius 2 is 1.86 bits per heavy atom. The molecule has 1 heterocycles. The normalized spacial score (nSPS) is 20.2. The Balaban J connectivity index is 2.50. The van der Waals surface area contributed by atoms with Crippen molar-refractivity contribution in [1.82, 2.24) is 14.9 Å². The molecule has 22 heavy (non-hydrogen) atoms. The summed E-state index contributed by atoms with van der Waals surface area (Å²) in [7, 11) is -3.04. The van der Waals surface area contributed by atoms with Gasteiger partial charge in [0, 0.05) is 32.2 Å². The Hall–Kier alpha value is -0.820. The number of aliphatic imine (C=N–C) groups is 1. The first-order chi connectivity index (χ1) is 10.2. The van der Waals surface area contributed by atoms with E-state index >= 15 is 0 Å². The summed E-state index contributed by atoms with van der Waals surface area (Å²) in [6, 6.07) is 0.366. The monoisotopic (exact) mass is 332 g/mol. The molecule has 0 radical (unpaired) electrons. The van der Waals surface area contributed by atoms with Gasteiger partial charge in [0.15, 0.2) is 5.96 Å². The van der Waals surface area contributed by atoms with Gasteiger partial charge in [-0.2, -0.15) is 0 Å². The van der Waals surface area contributed by atoms with Crippen LogP contribution in [-0.2, 0) is 10.0 Å². The molecule has 0 amide bonds. The average Bonchev–Trinajstić information content (AvgIpc) is 2.44. The van der Waals surface area contributed by atoms with E-state index in [1.54, 1.807) is 4.31 Å². The minimum Gasteiger partial charge on any atom is -0.357 e. The van der Waals surface area contributed by atoms with Gasteiger partial charge in [0.1, 0.15) is 0 Å². The second-order valence-electron chi connectivity index (χ2n) is 6.50. The van der Waals surface area contributed by atoms with Gasteiger partial charge in [0.2, 0.25) is 10.0 Å². The van der Waals surface area contributed by atoms with E-state index in [0.29, 0.717) is 31.0 Å². The van der Waals surface area contributed by atoms with E-state index < -0.39 is 10.0 Å². The minimum atomic E-state index is -3.04. The highest BCUT2D eigenvalue weighted by molar-refractivity contribution is 7.88. The summed E-state index contributed by atoms with van der Waals surface area (Å²) < 4.78 is 24.6. The second-order valence-corrected chi connectivity index (χ2v) is 8.48. The van der Waals surface area contributed by atoms with Crippen LogP contribution in [0.3, 0.4) is 0 Å². The number of hydrogen-bond donors (Lipinski definition) is 2. The van der Waals surface area contributed by atoms with Crippen LogP contribution >= 0.6 is 0 Å². The molecule has 0 aliphatic carbocycles. The summed E-state index contributed by atoms with van der Waals surface area (Å²) >= 11 is 0. The Morgan fingerprint density at radius 3 is 2.32 bits per heavy atom. The summed E-state index contributed by atoms with van der Waals surface area (Å²) in [5.74, 6) is 1.86. The molecule has 1 fully saturated rings. The zero-order valence-corrected chi connectivity index (χ0v) is 15.4. The van der Waals surface area contributed by atoms with Gasteiger partial charge in [0.25, 0.3) is 0 Å². The van der Waals surface area contributed by atoms with E-state index in [4.69, 9.17) is 0 Å². The van der Waals surface area contributed by atoms with Gasteiger partial charge in [-0.25, -0.2) is 12.7 Å². The van der Waals surface area contributed by atoms with Crippen LogP contribution in [0.2, 0.25) is 0 Å². The number of nitrogens with zero attached hydrogens (tertiary/aromatic N) is 2. The van der Waals surface area contributed by atoms with Crippen molar-refractivity contribution in [1.29, 1.82) is 0 Å². The number of sulfonamides is 1. The molecule has 1 aliphatic rings. The fourth-order valence-corrected chi connectivity index (χ4v) is 3.22. The molecular weight excluding hydrogens is 300 g/mol. The molecule has 1 rings (SSSR count). The van der Waals surface area contributed by atoms with Gasteiger partial charge in [-0.1, -0.05) is 13.8 Å². The molecule has 0 aromatic rings. The van der Waals surface area contributed by atoms with Gasteiger partial charge < -0.3 is 10.6 Å². The van der Waals surface area contributed by atoms with Gasteiger partial charge in [0.05, 0.1) is 6.26 Å². The van der Waals surface area contributed by atoms with Crippen LogP contribution in [0.5, 0.6) is 0 Å². The molecule has 1 atom stereocenters. The number of rotatable bonds is 6. The van der Waals surface area contributed by atoms with E-state index in [1.165, 1.54) is 6.26 Å². The first kappa shape index (κ1) is 19.2. The topological polar surface area (TPSA) is 73.8 Å². The van der Waals surface area contributed by atoms with E-state index in [-0.39, 0.29) is 0 Å². The van der Waals surface area contributed by atoms with E-state index in [0.717, 1.165) is 31.9 Å². The molecule has 6 nitrogen and oxygen atoms in total. The molecule has 0 bridgehead atoms. The maximum absolute atomic E-state index is 11.5. The van der Waals surface area contributed by atoms with Gasteiger partial charge in [-0.15, -0.1) is 0 Å². The van der Waals surface area contributed by atoms with Crippen LogP contribution in [0.25, 0.3) is 0 Å². The third-order valence-electron chi connectivity index (χ3n) is 4.26. The lowest BCUT2D eigenvalue weighted by molar-refractivity contribution is 0.280. The lowest BCUT2D eigenvalue weighted by atomic mass is 9.98. The summed E-state index contributed by atoms with van der Waals surface area (Å²) in [6.45, 7) is 11.4. The minimum absolute atomic E-state index is 0.366. The molecule has 7 heteroatoms. The van der Waals surface area contributed by atoms with Crippen molar-refractivity contribution in [2.75, 3.05) is 32.4 Å². The smallest absolute Gasteiger partial charge is 0.211 e. The molecule has 1 saturated heterocycles. The Kier molecular flexibility index (Phi) is 7.62. The van der Waals surface area contributed by atoms with Crippen LogP contribution in [0.1, 0.15) is 40.5 Å². The van der Waals surface area contributed by atoms with Crippen molar-refractivity contribution in [3.05, 3.63) is 0 Å². The number of hydrogen-bond acceptors (Lipinski definition) is 3. The maximum Gasteiger partial charge on any atom is 0.211 e. The average molecular weight is 333 g/mol. The van der Waals surface area contributed by atoms with Crippen LogP contribution in [0.15, 0.2) is 4.99 Å². The fourth-order valence-electron chi connectivity index (χ4n) is 2.35. The summed E-state index contributed by atoms with van der Waals surface area (Å²) in [5, 5.41) is 6.70.